The summed E-state index contributed by atoms with van der Waals surface area (Å²) in [5.74, 6) is -0.757. The number of aliphatic carboxylic acids is 1. The molecule has 86 valence electrons. The fourth-order valence-corrected chi connectivity index (χ4v) is 0.300. The van der Waals surface area contributed by atoms with Gasteiger partial charge in [0.05, 0.1) is 33.2 Å². The van der Waals surface area contributed by atoms with Crippen LogP contribution in [0.25, 0.3) is 0 Å². The predicted octanol–water partition coefficient (Wildman–Crippen LogP) is 0.802. The van der Waals surface area contributed by atoms with Crippen molar-refractivity contribution in [2.45, 2.75) is 20.8 Å². The van der Waals surface area contributed by atoms with Gasteiger partial charge in [-0.3, -0.25) is 4.79 Å². The highest BCUT2D eigenvalue weighted by atomic mass is 16.4. The summed E-state index contributed by atoms with van der Waals surface area (Å²) in [7, 11) is 6.16. The van der Waals surface area contributed by atoms with Crippen LogP contribution >= 0.6 is 0 Å². The first-order valence-electron chi connectivity index (χ1n) is 4.65. The quantitative estimate of drug-likeness (QED) is 0.657. The first-order chi connectivity index (χ1) is 6.00. The van der Waals surface area contributed by atoms with Crippen LogP contribution in [0.3, 0.4) is 0 Å². The Morgan fingerprint density at radius 3 is 1.50 bits per heavy atom. The molecule has 0 aromatic carbocycles. The molecule has 2 N–H and O–H groups in total. The maximum absolute atomic E-state index is 10.0. The predicted molar refractivity (Wildman–Crippen MR) is 57.1 cm³/mol. The molecule has 0 aliphatic heterocycles. The number of likely N-dealkylation sites (N-methyl/N-ethyl adjacent to an activating group) is 1. The van der Waals surface area contributed by atoms with Crippen molar-refractivity contribution in [3.63, 3.8) is 0 Å². The van der Waals surface area contributed by atoms with Crippen LogP contribution in [0.2, 0.25) is 0 Å². The van der Waals surface area contributed by atoms with Gasteiger partial charge in [0.15, 0.2) is 0 Å². The number of quaternary nitrogens is 1. The fourth-order valence-electron chi connectivity index (χ4n) is 0.300. The van der Waals surface area contributed by atoms with E-state index in [9.17, 15) is 4.79 Å². The average Bonchev–Trinajstić information content (AvgIpc) is 1.82. The molecule has 0 fully saturated rings. The molecule has 0 radical (unpaired) electrons. The number of rotatable bonds is 2. The molecule has 0 rings (SSSR count). The summed E-state index contributed by atoms with van der Waals surface area (Å²) in [5.41, 5.74) is -0.583. The second-order valence-corrected chi connectivity index (χ2v) is 5.29. The summed E-state index contributed by atoms with van der Waals surface area (Å²) < 4.78 is 0.844. The highest BCUT2D eigenvalue weighted by molar-refractivity contribution is 5.72. The van der Waals surface area contributed by atoms with Gasteiger partial charge in [0.1, 0.15) is 6.54 Å². The molecule has 0 aliphatic rings. The number of carboxylic acids is 1. The van der Waals surface area contributed by atoms with E-state index in [1.54, 1.807) is 20.8 Å². The molecule has 0 spiro atoms. The normalized spacial score (nSPS) is 11.6. The lowest BCUT2D eigenvalue weighted by atomic mass is 9.98. The van der Waals surface area contributed by atoms with Crippen molar-refractivity contribution >= 4 is 5.97 Å². The second kappa shape index (κ2) is 5.98. The summed E-state index contributed by atoms with van der Waals surface area (Å²) in [6.45, 7) is 6.10. The van der Waals surface area contributed by atoms with Crippen LogP contribution in [0.5, 0.6) is 0 Å². The van der Waals surface area contributed by atoms with Gasteiger partial charge in [0, 0.05) is 0 Å². The minimum atomic E-state index is -0.757. The molecule has 0 heterocycles. The lowest BCUT2D eigenvalue weighted by Gasteiger charge is -2.21. The van der Waals surface area contributed by atoms with Crippen molar-refractivity contribution in [2.24, 2.45) is 5.41 Å². The molecule has 14 heavy (non-hydrogen) atoms. The molecule has 0 aliphatic carbocycles. The topological polar surface area (TPSA) is 57.5 Å². The molecule has 0 unspecified atom stereocenters. The van der Waals surface area contributed by atoms with Crippen molar-refractivity contribution in [2.75, 3.05) is 34.3 Å². The van der Waals surface area contributed by atoms with E-state index in [4.69, 9.17) is 10.2 Å². The molecule has 0 aromatic heterocycles. The zero-order valence-electron chi connectivity index (χ0n) is 10.2. The Morgan fingerprint density at radius 2 is 1.50 bits per heavy atom. The van der Waals surface area contributed by atoms with E-state index < -0.39 is 11.4 Å². The van der Waals surface area contributed by atoms with Crippen LogP contribution in [-0.2, 0) is 4.79 Å². The number of carboxylic acid groups (broad SMARTS) is 1. The Morgan fingerprint density at radius 1 is 1.21 bits per heavy atom. The Hall–Kier alpha value is -0.610. The first-order valence-corrected chi connectivity index (χ1v) is 4.65. The molecule has 4 nitrogen and oxygen atoms in total. The molecular formula is C10H24NO3+. The van der Waals surface area contributed by atoms with Gasteiger partial charge >= 0.3 is 5.97 Å². The van der Waals surface area contributed by atoms with E-state index in [0.717, 1.165) is 11.0 Å². The van der Waals surface area contributed by atoms with Crippen molar-refractivity contribution in [3.8, 4) is 0 Å². The molecular weight excluding hydrogens is 182 g/mol. The first kappa shape index (κ1) is 15.8. The van der Waals surface area contributed by atoms with Gasteiger partial charge in [-0.15, -0.1) is 0 Å². The van der Waals surface area contributed by atoms with E-state index in [2.05, 4.69) is 21.1 Å². The molecule has 0 aromatic rings. The highest BCUT2D eigenvalue weighted by Crippen LogP contribution is 2.11. The van der Waals surface area contributed by atoms with Crippen molar-refractivity contribution in [1.82, 2.24) is 0 Å². The summed E-state index contributed by atoms with van der Waals surface area (Å²) in [6, 6.07) is 0. The van der Waals surface area contributed by atoms with Crippen molar-refractivity contribution in [1.29, 1.82) is 0 Å². The smallest absolute Gasteiger partial charge is 0.308 e. The van der Waals surface area contributed by atoms with Gasteiger partial charge in [0.2, 0.25) is 0 Å². The standard InChI is InChI=1S/C5H14NO.C5H10O2/c1-6(2,3)4-5-7;1-5(2,3)4(6)7/h7H,4-5H2,1-3H3;1-3H3,(H,6,7)/q+1;. The molecule has 4 heteroatoms. The van der Waals surface area contributed by atoms with E-state index in [1.807, 2.05) is 0 Å². The Labute approximate surface area is 86.7 Å². The Bertz CT molecular complexity index is 165. The van der Waals surface area contributed by atoms with Crippen LogP contribution in [0.15, 0.2) is 0 Å². The largest absolute Gasteiger partial charge is 0.481 e. The SMILES string of the molecule is CC(C)(C)C(=O)O.C[N+](C)(C)CCO. The zero-order chi connectivity index (χ0) is 12.0. The van der Waals surface area contributed by atoms with Crippen LogP contribution in [0.1, 0.15) is 20.8 Å². The third-order valence-electron chi connectivity index (χ3n) is 1.41. The van der Waals surface area contributed by atoms with Crippen LogP contribution in [0, 0.1) is 5.41 Å². The Kier molecular flexibility index (Phi) is 6.77. The number of carbonyl (C=O) groups is 1. The van der Waals surface area contributed by atoms with Gasteiger partial charge in [-0.25, -0.2) is 0 Å². The molecule has 0 amide bonds. The molecule has 0 saturated carbocycles. The minimum absolute atomic E-state index is 0.281. The molecule has 0 saturated heterocycles. The minimum Gasteiger partial charge on any atom is -0.481 e. The van der Waals surface area contributed by atoms with E-state index in [-0.39, 0.29) is 6.61 Å². The number of nitrogens with zero attached hydrogens (tertiary/aromatic N) is 1. The summed E-state index contributed by atoms with van der Waals surface area (Å²) in [6.07, 6.45) is 0. The third-order valence-corrected chi connectivity index (χ3v) is 1.41. The van der Waals surface area contributed by atoms with Gasteiger partial charge in [-0.1, -0.05) is 0 Å². The summed E-state index contributed by atoms with van der Waals surface area (Å²) in [5, 5.41) is 16.6. The van der Waals surface area contributed by atoms with Gasteiger partial charge in [-0.05, 0) is 20.8 Å². The average molecular weight is 206 g/mol. The maximum atomic E-state index is 10.0. The monoisotopic (exact) mass is 206 g/mol. The van der Waals surface area contributed by atoms with Gasteiger partial charge < -0.3 is 14.7 Å². The van der Waals surface area contributed by atoms with Crippen LogP contribution in [0.4, 0.5) is 0 Å². The maximum Gasteiger partial charge on any atom is 0.308 e. The Balaban J connectivity index is 0. The van der Waals surface area contributed by atoms with E-state index in [0.29, 0.717) is 0 Å². The van der Waals surface area contributed by atoms with Crippen LogP contribution < -0.4 is 0 Å². The summed E-state index contributed by atoms with van der Waals surface area (Å²) in [4.78, 5) is 10.0. The number of aliphatic hydroxyl groups excluding tert-OH is 1. The highest BCUT2D eigenvalue weighted by Gasteiger charge is 2.18. The number of hydrogen-bond acceptors (Lipinski definition) is 2. The number of hydrogen-bond donors (Lipinski definition) is 2. The third kappa shape index (κ3) is 13.9. The van der Waals surface area contributed by atoms with Gasteiger partial charge in [0.25, 0.3) is 0 Å². The van der Waals surface area contributed by atoms with E-state index in [1.165, 1.54) is 0 Å². The van der Waals surface area contributed by atoms with E-state index >= 15 is 0 Å². The van der Waals surface area contributed by atoms with Crippen molar-refractivity contribution in [3.05, 3.63) is 0 Å². The van der Waals surface area contributed by atoms with Gasteiger partial charge in [-0.2, -0.15) is 0 Å². The number of aliphatic hydroxyl groups is 1. The lowest BCUT2D eigenvalue weighted by molar-refractivity contribution is -0.870. The molecule has 0 bridgehead atoms. The molecule has 0 atom stereocenters. The zero-order valence-corrected chi connectivity index (χ0v) is 10.2. The second-order valence-electron chi connectivity index (χ2n) is 5.29. The summed E-state index contributed by atoms with van der Waals surface area (Å²) >= 11 is 0. The van der Waals surface area contributed by atoms with Crippen LogP contribution in [-0.4, -0.2) is 55.0 Å². The van der Waals surface area contributed by atoms with Crippen molar-refractivity contribution < 1.29 is 19.5 Å². The lowest BCUT2D eigenvalue weighted by Crippen LogP contribution is -2.36. The fraction of sp³-hybridized carbons (Fsp3) is 0.900.